The van der Waals surface area contributed by atoms with Crippen LogP contribution in [0.25, 0.3) is 0 Å². The summed E-state index contributed by atoms with van der Waals surface area (Å²) in [7, 11) is 0. The first-order valence-corrected chi connectivity index (χ1v) is 5.58. The highest BCUT2D eigenvalue weighted by atomic mass is 16.3. The Kier molecular flexibility index (Phi) is 4.35. The van der Waals surface area contributed by atoms with E-state index in [0.29, 0.717) is 18.0 Å². The van der Waals surface area contributed by atoms with Gasteiger partial charge in [0.25, 0.3) is 0 Å². The van der Waals surface area contributed by atoms with Gasteiger partial charge in [0.15, 0.2) is 0 Å². The number of hydrogen-bond donors (Lipinski definition) is 2. The Morgan fingerprint density at radius 3 is 2.69 bits per heavy atom. The van der Waals surface area contributed by atoms with Crippen LogP contribution in [0.5, 0.6) is 5.75 Å². The molecule has 0 aromatic heterocycles. The predicted octanol–water partition coefficient (Wildman–Crippen LogP) is 3.08. The number of nitrogens with one attached hydrogen (secondary N) is 1. The summed E-state index contributed by atoms with van der Waals surface area (Å²) in [5, 5.41) is 12.3. The minimum atomic E-state index is -0.0483. The van der Waals surface area contributed by atoms with Crippen molar-refractivity contribution in [1.29, 1.82) is 0 Å². The summed E-state index contributed by atoms with van der Waals surface area (Å²) < 4.78 is 0. The van der Waals surface area contributed by atoms with Crippen LogP contribution in [0.2, 0.25) is 0 Å². The fraction of sp³-hybridized carbons (Fsp3) is 0.462. The highest BCUT2D eigenvalue weighted by Gasteiger charge is 2.07. The first kappa shape index (κ1) is 12.6. The Balaban J connectivity index is 2.56. The summed E-state index contributed by atoms with van der Waals surface area (Å²) in [6, 6.07) is 5.22. The normalized spacial score (nSPS) is 10.5. The lowest BCUT2D eigenvalue weighted by atomic mass is 10.1. The van der Waals surface area contributed by atoms with Crippen molar-refractivity contribution in [1.82, 2.24) is 0 Å². The zero-order chi connectivity index (χ0) is 12.1. The lowest BCUT2D eigenvalue weighted by Crippen LogP contribution is -2.12. The molecule has 0 unspecified atom stereocenters. The summed E-state index contributed by atoms with van der Waals surface area (Å²) in [5.41, 5.74) is 1.46. The van der Waals surface area contributed by atoms with E-state index >= 15 is 0 Å². The molecule has 1 aromatic carbocycles. The summed E-state index contributed by atoms with van der Waals surface area (Å²) in [6.07, 6.45) is 1.35. The fourth-order valence-electron chi connectivity index (χ4n) is 1.38. The van der Waals surface area contributed by atoms with Crippen molar-refractivity contribution >= 4 is 11.6 Å². The van der Waals surface area contributed by atoms with E-state index in [1.165, 1.54) is 0 Å². The number of benzene rings is 1. The van der Waals surface area contributed by atoms with E-state index in [2.05, 4.69) is 19.2 Å². The number of phenols is 1. The van der Waals surface area contributed by atoms with Crippen molar-refractivity contribution < 1.29 is 9.90 Å². The number of aromatic hydroxyl groups is 1. The molecule has 0 radical (unpaired) electrons. The summed E-state index contributed by atoms with van der Waals surface area (Å²) >= 11 is 0. The lowest BCUT2D eigenvalue weighted by Gasteiger charge is -2.08. The van der Waals surface area contributed by atoms with Gasteiger partial charge in [0, 0.05) is 6.42 Å². The van der Waals surface area contributed by atoms with Crippen LogP contribution in [-0.2, 0) is 4.79 Å². The van der Waals surface area contributed by atoms with Crippen LogP contribution in [-0.4, -0.2) is 11.0 Å². The highest BCUT2D eigenvalue weighted by molar-refractivity contribution is 5.92. The Morgan fingerprint density at radius 2 is 2.12 bits per heavy atom. The summed E-state index contributed by atoms with van der Waals surface area (Å²) in [5.74, 6) is 0.586. The molecule has 1 rings (SSSR count). The predicted molar refractivity (Wildman–Crippen MR) is 65.5 cm³/mol. The molecule has 0 fully saturated rings. The van der Waals surface area contributed by atoms with E-state index in [0.717, 1.165) is 12.0 Å². The average Bonchev–Trinajstić information content (AvgIpc) is 2.19. The quantitative estimate of drug-likeness (QED) is 0.768. The average molecular weight is 221 g/mol. The van der Waals surface area contributed by atoms with Gasteiger partial charge >= 0.3 is 0 Å². The van der Waals surface area contributed by atoms with Crippen molar-refractivity contribution in [3.63, 3.8) is 0 Å². The monoisotopic (exact) mass is 221 g/mol. The Bertz CT molecular complexity index is 372. The maximum absolute atomic E-state index is 11.5. The van der Waals surface area contributed by atoms with Gasteiger partial charge in [-0.2, -0.15) is 0 Å². The van der Waals surface area contributed by atoms with Crippen LogP contribution >= 0.6 is 0 Å². The maximum atomic E-state index is 11.5. The van der Waals surface area contributed by atoms with Crippen molar-refractivity contribution in [2.45, 2.75) is 33.6 Å². The van der Waals surface area contributed by atoms with Gasteiger partial charge in [0.1, 0.15) is 5.75 Å². The third-order valence-corrected chi connectivity index (χ3v) is 2.38. The molecular weight excluding hydrogens is 202 g/mol. The molecule has 3 nitrogen and oxygen atoms in total. The largest absolute Gasteiger partial charge is 0.506 e. The number of rotatable bonds is 4. The molecule has 0 aliphatic carbocycles. The Hall–Kier alpha value is -1.51. The van der Waals surface area contributed by atoms with Gasteiger partial charge in [0.2, 0.25) is 5.91 Å². The van der Waals surface area contributed by atoms with Gasteiger partial charge in [-0.15, -0.1) is 0 Å². The van der Waals surface area contributed by atoms with Gasteiger partial charge in [-0.1, -0.05) is 19.9 Å². The van der Waals surface area contributed by atoms with Crippen LogP contribution < -0.4 is 5.32 Å². The van der Waals surface area contributed by atoms with Crippen molar-refractivity contribution in [2.75, 3.05) is 5.32 Å². The van der Waals surface area contributed by atoms with Crippen LogP contribution in [0.3, 0.4) is 0 Å². The molecular formula is C13H19NO2. The van der Waals surface area contributed by atoms with Crippen LogP contribution in [0.1, 0.15) is 32.3 Å². The Morgan fingerprint density at radius 1 is 1.44 bits per heavy atom. The number of carbonyl (C=O) groups excluding carboxylic acids is 1. The third-order valence-electron chi connectivity index (χ3n) is 2.38. The van der Waals surface area contributed by atoms with Gasteiger partial charge in [-0.25, -0.2) is 0 Å². The number of aryl methyl sites for hydroxylation is 1. The van der Waals surface area contributed by atoms with Gasteiger partial charge in [-0.05, 0) is 37.0 Å². The van der Waals surface area contributed by atoms with Crippen LogP contribution in [0.4, 0.5) is 5.69 Å². The molecule has 2 N–H and O–H groups in total. The number of amides is 1. The van der Waals surface area contributed by atoms with E-state index < -0.39 is 0 Å². The second-order valence-corrected chi connectivity index (χ2v) is 4.50. The molecule has 1 amide bonds. The highest BCUT2D eigenvalue weighted by Crippen LogP contribution is 2.24. The number of hydrogen-bond acceptors (Lipinski definition) is 2. The molecule has 0 bridgehead atoms. The van der Waals surface area contributed by atoms with Gasteiger partial charge in [0.05, 0.1) is 5.69 Å². The molecule has 0 saturated carbocycles. The van der Waals surface area contributed by atoms with E-state index in [-0.39, 0.29) is 11.7 Å². The van der Waals surface area contributed by atoms with Crippen molar-refractivity contribution in [3.8, 4) is 5.75 Å². The number of carbonyl (C=O) groups is 1. The smallest absolute Gasteiger partial charge is 0.224 e. The standard InChI is InChI=1S/C13H19NO2/c1-9(2)4-7-13(16)14-11-6-5-10(3)8-12(11)15/h5-6,8-9,15H,4,7H2,1-3H3,(H,14,16). The van der Waals surface area contributed by atoms with Crippen molar-refractivity contribution in [2.24, 2.45) is 5.92 Å². The summed E-state index contributed by atoms with van der Waals surface area (Å²) in [6.45, 7) is 6.05. The van der Waals surface area contributed by atoms with Crippen molar-refractivity contribution in [3.05, 3.63) is 23.8 Å². The molecule has 0 spiro atoms. The molecule has 0 heterocycles. The van der Waals surface area contributed by atoms with E-state index in [9.17, 15) is 9.90 Å². The molecule has 1 aromatic rings. The van der Waals surface area contributed by atoms with Gasteiger partial charge in [-0.3, -0.25) is 4.79 Å². The van der Waals surface area contributed by atoms with Crippen LogP contribution in [0.15, 0.2) is 18.2 Å². The molecule has 0 saturated heterocycles. The molecule has 0 aliphatic heterocycles. The SMILES string of the molecule is Cc1ccc(NC(=O)CCC(C)C)c(O)c1. The van der Waals surface area contributed by atoms with E-state index in [1.807, 2.05) is 13.0 Å². The maximum Gasteiger partial charge on any atom is 0.224 e. The molecule has 0 aliphatic rings. The number of phenolic OH excluding ortho intramolecular Hbond substituents is 1. The van der Waals surface area contributed by atoms with Crippen LogP contribution in [0, 0.1) is 12.8 Å². The minimum absolute atomic E-state index is 0.0483. The van der Waals surface area contributed by atoms with E-state index in [1.54, 1.807) is 12.1 Å². The third kappa shape index (κ3) is 3.93. The summed E-state index contributed by atoms with van der Waals surface area (Å²) in [4.78, 5) is 11.5. The topological polar surface area (TPSA) is 49.3 Å². The first-order valence-electron chi connectivity index (χ1n) is 5.58. The molecule has 0 atom stereocenters. The Labute approximate surface area is 96.5 Å². The van der Waals surface area contributed by atoms with Gasteiger partial charge < -0.3 is 10.4 Å². The van der Waals surface area contributed by atoms with E-state index in [4.69, 9.17) is 0 Å². The minimum Gasteiger partial charge on any atom is -0.506 e. The molecule has 16 heavy (non-hydrogen) atoms. The zero-order valence-electron chi connectivity index (χ0n) is 10.1. The first-order chi connectivity index (χ1) is 7.49. The fourth-order valence-corrected chi connectivity index (χ4v) is 1.38. The molecule has 88 valence electrons. The number of anilines is 1. The molecule has 3 heteroatoms. The second-order valence-electron chi connectivity index (χ2n) is 4.50. The second kappa shape index (κ2) is 5.54. The zero-order valence-corrected chi connectivity index (χ0v) is 10.1. The lowest BCUT2D eigenvalue weighted by molar-refractivity contribution is -0.116.